The molecule has 116 valence electrons. The highest BCUT2D eigenvalue weighted by atomic mass is 16.5. The largest absolute Gasteiger partial charge is 0.374 e. The Morgan fingerprint density at radius 1 is 1.33 bits per heavy atom. The Kier molecular flexibility index (Phi) is 5.76. The molecule has 1 atom stereocenters. The van der Waals surface area contributed by atoms with Crippen molar-refractivity contribution < 1.29 is 9.53 Å². The molecule has 4 heteroatoms. The summed E-state index contributed by atoms with van der Waals surface area (Å²) in [7, 11) is 0. The quantitative estimate of drug-likeness (QED) is 0.759. The molecule has 1 aromatic rings. The molecule has 1 amide bonds. The van der Waals surface area contributed by atoms with Crippen molar-refractivity contribution >= 4 is 5.91 Å². The lowest BCUT2D eigenvalue weighted by atomic mass is 9.98. The maximum Gasteiger partial charge on any atom is 0.240 e. The maximum atomic E-state index is 12.0. The third kappa shape index (κ3) is 4.55. The molecule has 0 saturated heterocycles. The first kappa shape index (κ1) is 16.0. The molecule has 0 aromatic heterocycles. The third-order valence-electron chi connectivity index (χ3n) is 4.19. The molecule has 0 radical (unpaired) electrons. The van der Waals surface area contributed by atoms with E-state index in [1.807, 2.05) is 25.1 Å². The molecule has 21 heavy (non-hydrogen) atoms. The van der Waals surface area contributed by atoms with Gasteiger partial charge in [0.15, 0.2) is 0 Å². The van der Waals surface area contributed by atoms with E-state index in [1.54, 1.807) is 0 Å². The van der Waals surface area contributed by atoms with Crippen molar-refractivity contribution in [3.63, 3.8) is 0 Å². The van der Waals surface area contributed by atoms with Crippen LogP contribution in [-0.4, -0.2) is 24.6 Å². The zero-order chi connectivity index (χ0) is 15.1. The van der Waals surface area contributed by atoms with E-state index in [4.69, 9.17) is 10.5 Å². The van der Waals surface area contributed by atoms with Crippen LogP contribution in [0.15, 0.2) is 30.3 Å². The molecular weight excluding hydrogens is 264 g/mol. The van der Waals surface area contributed by atoms with Gasteiger partial charge < -0.3 is 15.8 Å². The van der Waals surface area contributed by atoms with Crippen LogP contribution in [-0.2, 0) is 9.53 Å². The lowest BCUT2D eigenvalue weighted by Crippen LogP contribution is -2.52. The number of nitrogens with one attached hydrogen (secondary N) is 1. The zero-order valence-corrected chi connectivity index (χ0v) is 12.8. The summed E-state index contributed by atoms with van der Waals surface area (Å²) in [4.78, 5) is 12.0. The second kappa shape index (κ2) is 7.57. The maximum absolute atomic E-state index is 12.0. The number of benzene rings is 1. The smallest absolute Gasteiger partial charge is 0.240 e. The van der Waals surface area contributed by atoms with E-state index in [0.29, 0.717) is 13.2 Å². The van der Waals surface area contributed by atoms with E-state index < -0.39 is 5.54 Å². The molecule has 1 aromatic carbocycles. The van der Waals surface area contributed by atoms with Crippen molar-refractivity contribution in [1.29, 1.82) is 0 Å². The second-order valence-corrected chi connectivity index (χ2v) is 5.90. The molecule has 0 aliphatic heterocycles. The minimum atomic E-state index is -0.627. The Morgan fingerprint density at radius 2 is 2.00 bits per heavy atom. The monoisotopic (exact) mass is 290 g/mol. The lowest BCUT2D eigenvalue weighted by Gasteiger charge is -2.22. The minimum absolute atomic E-state index is 0.00360. The summed E-state index contributed by atoms with van der Waals surface area (Å²) in [6.07, 6.45) is 4.61. The van der Waals surface area contributed by atoms with Crippen molar-refractivity contribution in [3.8, 4) is 0 Å². The van der Waals surface area contributed by atoms with Gasteiger partial charge in [0.1, 0.15) is 0 Å². The van der Waals surface area contributed by atoms with Crippen LogP contribution < -0.4 is 11.1 Å². The molecule has 1 unspecified atom stereocenters. The van der Waals surface area contributed by atoms with Crippen molar-refractivity contribution in [3.05, 3.63) is 35.9 Å². The predicted octanol–water partition coefficient (Wildman–Crippen LogP) is 2.54. The van der Waals surface area contributed by atoms with Crippen LogP contribution >= 0.6 is 0 Å². The number of hydrogen-bond donors (Lipinski definition) is 2. The van der Waals surface area contributed by atoms with Crippen LogP contribution in [0.3, 0.4) is 0 Å². The summed E-state index contributed by atoms with van der Waals surface area (Å²) >= 11 is 0. The first-order valence-electron chi connectivity index (χ1n) is 7.85. The minimum Gasteiger partial charge on any atom is -0.374 e. The average Bonchev–Trinajstić information content (AvgIpc) is 2.95. The lowest BCUT2D eigenvalue weighted by molar-refractivity contribution is -0.126. The molecule has 0 spiro atoms. The van der Waals surface area contributed by atoms with E-state index in [9.17, 15) is 4.79 Å². The van der Waals surface area contributed by atoms with Gasteiger partial charge in [0.05, 0.1) is 11.6 Å². The van der Waals surface area contributed by atoms with E-state index in [-0.39, 0.29) is 12.0 Å². The second-order valence-electron chi connectivity index (χ2n) is 5.90. The number of hydrogen-bond acceptors (Lipinski definition) is 3. The molecule has 3 N–H and O–H groups in total. The van der Waals surface area contributed by atoms with Crippen LogP contribution in [0, 0.1) is 0 Å². The van der Waals surface area contributed by atoms with Crippen LogP contribution in [0.1, 0.15) is 50.7 Å². The molecule has 4 nitrogen and oxygen atoms in total. The fourth-order valence-corrected chi connectivity index (χ4v) is 2.76. The molecular formula is C17H26N2O2. The standard InChI is InChI=1S/C17H26N2O2/c1-14(15-8-3-2-4-9-15)21-13-7-12-19-16(20)17(18)10-5-6-11-17/h2-4,8-9,14H,5-7,10-13,18H2,1H3,(H,19,20). The molecule has 1 fully saturated rings. The molecule has 0 bridgehead atoms. The van der Waals surface area contributed by atoms with E-state index >= 15 is 0 Å². The van der Waals surface area contributed by atoms with Gasteiger partial charge in [0, 0.05) is 13.2 Å². The van der Waals surface area contributed by atoms with Gasteiger partial charge in [0.2, 0.25) is 5.91 Å². The number of carbonyl (C=O) groups is 1. The number of carbonyl (C=O) groups excluding carboxylic acids is 1. The number of amides is 1. The Bertz CT molecular complexity index is 441. The van der Waals surface area contributed by atoms with Gasteiger partial charge in [-0.1, -0.05) is 43.2 Å². The Labute approximate surface area is 127 Å². The van der Waals surface area contributed by atoms with Gasteiger partial charge >= 0.3 is 0 Å². The van der Waals surface area contributed by atoms with Crippen molar-refractivity contribution in [2.75, 3.05) is 13.2 Å². The Balaban J connectivity index is 1.61. The van der Waals surface area contributed by atoms with Crippen LogP contribution in [0.5, 0.6) is 0 Å². The van der Waals surface area contributed by atoms with Gasteiger partial charge in [-0.15, -0.1) is 0 Å². The third-order valence-corrected chi connectivity index (χ3v) is 4.19. The topological polar surface area (TPSA) is 64.3 Å². The number of ether oxygens (including phenoxy) is 1. The van der Waals surface area contributed by atoms with Gasteiger partial charge in [0.25, 0.3) is 0 Å². The summed E-state index contributed by atoms with van der Waals surface area (Å²) in [5, 5.41) is 2.93. The van der Waals surface area contributed by atoms with Crippen LogP contribution in [0.2, 0.25) is 0 Å². The van der Waals surface area contributed by atoms with Crippen molar-refractivity contribution in [1.82, 2.24) is 5.32 Å². The summed E-state index contributed by atoms with van der Waals surface area (Å²) in [6, 6.07) is 10.1. The highest BCUT2D eigenvalue weighted by Crippen LogP contribution is 2.27. The van der Waals surface area contributed by atoms with Gasteiger partial charge in [-0.2, -0.15) is 0 Å². The van der Waals surface area contributed by atoms with Gasteiger partial charge in [-0.05, 0) is 31.7 Å². The molecule has 1 saturated carbocycles. The van der Waals surface area contributed by atoms with Gasteiger partial charge in [-0.25, -0.2) is 0 Å². The first-order valence-corrected chi connectivity index (χ1v) is 7.85. The molecule has 1 aliphatic rings. The fourth-order valence-electron chi connectivity index (χ4n) is 2.76. The highest BCUT2D eigenvalue weighted by molar-refractivity contribution is 5.86. The first-order chi connectivity index (χ1) is 10.1. The van der Waals surface area contributed by atoms with Crippen molar-refractivity contribution in [2.45, 2.75) is 50.7 Å². The SMILES string of the molecule is CC(OCCCNC(=O)C1(N)CCCC1)c1ccccc1. The van der Waals surface area contributed by atoms with Crippen LogP contribution in [0.4, 0.5) is 0 Å². The summed E-state index contributed by atoms with van der Waals surface area (Å²) in [5.41, 5.74) is 6.65. The van der Waals surface area contributed by atoms with Crippen molar-refractivity contribution in [2.24, 2.45) is 5.73 Å². The summed E-state index contributed by atoms with van der Waals surface area (Å²) in [5.74, 6) is -0.00360. The predicted molar refractivity (Wildman–Crippen MR) is 83.8 cm³/mol. The number of rotatable bonds is 7. The summed E-state index contributed by atoms with van der Waals surface area (Å²) < 4.78 is 5.78. The van der Waals surface area contributed by atoms with E-state index in [0.717, 1.165) is 32.1 Å². The van der Waals surface area contributed by atoms with Gasteiger partial charge in [-0.3, -0.25) is 4.79 Å². The van der Waals surface area contributed by atoms with E-state index in [2.05, 4.69) is 17.4 Å². The number of nitrogens with two attached hydrogens (primary N) is 1. The summed E-state index contributed by atoms with van der Waals surface area (Å²) in [6.45, 7) is 3.30. The zero-order valence-electron chi connectivity index (χ0n) is 12.8. The Hall–Kier alpha value is -1.39. The highest BCUT2D eigenvalue weighted by Gasteiger charge is 2.36. The van der Waals surface area contributed by atoms with E-state index in [1.165, 1.54) is 5.56 Å². The Morgan fingerprint density at radius 3 is 2.67 bits per heavy atom. The molecule has 2 rings (SSSR count). The van der Waals surface area contributed by atoms with Crippen LogP contribution in [0.25, 0.3) is 0 Å². The normalized spacial score (nSPS) is 18.4. The fraction of sp³-hybridized carbons (Fsp3) is 0.588. The molecule has 0 heterocycles. The average molecular weight is 290 g/mol. The molecule has 1 aliphatic carbocycles.